The Balaban J connectivity index is 1.76. The molecule has 20 heavy (non-hydrogen) atoms. The molecule has 0 aliphatic rings. The molecule has 0 spiro atoms. The van der Waals surface area contributed by atoms with Gasteiger partial charge in [-0.1, -0.05) is 24.3 Å². The van der Waals surface area contributed by atoms with E-state index in [0.717, 1.165) is 28.6 Å². The topological polar surface area (TPSA) is 53.1 Å². The second-order valence-corrected chi connectivity index (χ2v) is 4.82. The first-order valence-electron chi connectivity index (χ1n) is 6.61. The Labute approximate surface area is 117 Å². The first kappa shape index (κ1) is 12.5. The van der Waals surface area contributed by atoms with Crippen LogP contribution in [0.2, 0.25) is 0 Å². The van der Waals surface area contributed by atoms with Crippen molar-refractivity contribution >= 4 is 16.5 Å². The van der Waals surface area contributed by atoms with Gasteiger partial charge in [-0.25, -0.2) is 0 Å². The highest BCUT2D eigenvalue weighted by molar-refractivity contribution is 5.96. The summed E-state index contributed by atoms with van der Waals surface area (Å²) in [5.74, 6) is 0.874. The SMILES string of the molecule is Cn1cc(CCOc2ccc(N)c3ccccc23)cn1. The van der Waals surface area contributed by atoms with Crippen LogP contribution in [-0.4, -0.2) is 16.4 Å². The fourth-order valence-electron chi connectivity index (χ4n) is 2.30. The molecule has 4 nitrogen and oxygen atoms in total. The maximum atomic E-state index is 5.98. The Morgan fingerprint density at radius 3 is 2.70 bits per heavy atom. The molecule has 3 rings (SSSR count). The van der Waals surface area contributed by atoms with Crippen LogP contribution >= 0.6 is 0 Å². The summed E-state index contributed by atoms with van der Waals surface area (Å²) in [4.78, 5) is 0. The number of hydrogen-bond donors (Lipinski definition) is 1. The van der Waals surface area contributed by atoms with Crippen LogP contribution in [0.15, 0.2) is 48.8 Å². The zero-order valence-corrected chi connectivity index (χ0v) is 11.4. The van der Waals surface area contributed by atoms with Crippen molar-refractivity contribution in [3.05, 3.63) is 54.4 Å². The summed E-state index contributed by atoms with van der Waals surface area (Å²) >= 11 is 0. The van der Waals surface area contributed by atoms with Crippen LogP contribution in [0.3, 0.4) is 0 Å². The maximum Gasteiger partial charge on any atom is 0.127 e. The second kappa shape index (κ2) is 5.25. The fourth-order valence-corrected chi connectivity index (χ4v) is 2.30. The van der Waals surface area contributed by atoms with Gasteiger partial charge in [-0.05, 0) is 17.7 Å². The summed E-state index contributed by atoms with van der Waals surface area (Å²) in [7, 11) is 1.91. The third-order valence-electron chi connectivity index (χ3n) is 3.32. The van der Waals surface area contributed by atoms with Crippen molar-refractivity contribution in [2.24, 2.45) is 7.05 Å². The monoisotopic (exact) mass is 267 g/mol. The van der Waals surface area contributed by atoms with E-state index in [2.05, 4.69) is 5.10 Å². The first-order valence-corrected chi connectivity index (χ1v) is 6.61. The molecule has 0 unspecified atom stereocenters. The van der Waals surface area contributed by atoms with Crippen LogP contribution in [-0.2, 0) is 13.5 Å². The van der Waals surface area contributed by atoms with Crippen LogP contribution < -0.4 is 10.5 Å². The molecule has 1 heterocycles. The summed E-state index contributed by atoms with van der Waals surface area (Å²) in [5.41, 5.74) is 7.93. The first-order chi connectivity index (χ1) is 9.74. The normalized spacial score (nSPS) is 10.8. The number of aromatic nitrogens is 2. The average Bonchev–Trinajstić information content (AvgIpc) is 2.87. The molecule has 0 radical (unpaired) electrons. The Bertz CT molecular complexity index is 733. The van der Waals surface area contributed by atoms with Gasteiger partial charge in [0.2, 0.25) is 0 Å². The predicted molar refractivity (Wildman–Crippen MR) is 80.8 cm³/mol. The lowest BCUT2D eigenvalue weighted by Crippen LogP contribution is -2.01. The van der Waals surface area contributed by atoms with Gasteiger partial charge < -0.3 is 10.5 Å². The highest BCUT2D eigenvalue weighted by Crippen LogP contribution is 2.29. The van der Waals surface area contributed by atoms with E-state index >= 15 is 0 Å². The minimum Gasteiger partial charge on any atom is -0.493 e. The van der Waals surface area contributed by atoms with Crippen LogP contribution in [0.5, 0.6) is 5.75 Å². The van der Waals surface area contributed by atoms with Crippen LogP contribution in [0, 0.1) is 0 Å². The van der Waals surface area contributed by atoms with E-state index in [1.54, 1.807) is 4.68 Å². The number of ether oxygens (including phenoxy) is 1. The Kier molecular flexibility index (Phi) is 3.29. The number of anilines is 1. The van der Waals surface area contributed by atoms with Crippen molar-refractivity contribution < 1.29 is 4.74 Å². The van der Waals surface area contributed by atoms with Gasteiger partial charge in [-0.15, -0.1) is 0 Å². The standard InChI is InChI=1S/C16H17N3O/c1-19-11-12(10-18-19)8-9-20-16-7-6-15(17)13-4-2-3-5-14(13)16/h2-7,10-11H,8-9,17H2,1H3. The van der Waals surface area contributed by atoms with E-state index in [9.17, 15) is 0 Å². The zero-order valence-electron chi connectivity index (χ0n) is 11.4. The molecule has 0 saturated carbocycles. The van der Waals surface area contributed by atoms with Gasteiger partial charge in [-0.2, -0.15) is 5.10 Å². The van der Waals surface area contributed by atoms with Crippen molar-refractivity contribution in [3.8, 4) is 5.75 Å². The van der Waals surface area contributed by atoms with Gasteiger partial charge >= 0.3 is 0 Å². The molecule has 0 saturated heterocycles. The molecule has 0 bridgehead atoms. The molecule has 1 aromatic heterocycles. The Morgan fingerprint density at radius 1 is 1.15 bits per heavy atom. The van der Waals surface area contributed by atoms with Crippen LogP contribution in [0.4, 0.5) is 5.69 Å². The van der Waals surface area contributed by atoms with Gasteiger partial charge in [0.05, 0.1) is 12.8 Å². The molecule has 2 N–H and O–H groups in total. The number of nitrogen functional groups attached to an aromatic ring is 1. The lowest BCUT2D eigenvalue weighted by atomic mass is 10.1. The van der Waals surface area contributed by atoms with E-state index in [0.29, 0.717) is 6.61 Å². The minimum absolute atomic E-state index is 0.625. The molecule has 4 heteroatoms. The Hall–Kier alpha value is -2.49. The van der Waals surface area contributed by atoms with E-state index in [-0.39, 0.29) is 0 Å². The lowest BCUT2D eigenvalue weighted by Gasteiger charge is -2.10. The van der Waals surface area contributed by atoms with Crippen molar-refractivity contribution in [1.82, 2.24) is 9.78 Å². The van der Waals surface area contributed by atoms with Crippen molar-refractivity contribution in [2.45, 2.75) is 6.42 Å². The number of benzene rings is 2. The molecule has 102 valence electrons. The summed E-state index contributed by atoms with van der Waals surface area (Å²) in [5, 5.41) is 6.24. The smallest absolute Gasteiger partial charge is 0.127 e. The average molecular weight is 267 g/mol. The largest absolute Gasteiger partial charge is 0.493 e. The summed E-state index contributed by atoms with van der Waals surface area (Å²) < 4.78 is 7.69. The molecule has 3 aromatic rings. The molecular weight excluding hydrogens is 250 g/mol. The fraction of sp³-hybridized carbons (Fsp3) is 0.188. The van der Waals surface area contributed by atoms with Gasteiger partial charge in [-0.3, -0.25) is 4.68 Å². The number of rotatable bonds is 4. The number of fused-ring (bicyclic) bond motifs is 1. The van der Waals surface area contributed by atoms with Gasteiger partial charge in [0.1, 0.15) is 5.75 Å². The van der Waals surface area contributed by atoms with E-state index in [1.165, 1.54) is 5.56 Å². The van der Waals surface area contributed by atoms with Crippen molar-refractivity contribution in [3.63, 3.8) is 0 Å². The van der Waals surface area contributed by atoms with E-state index in [1.807, 2.05) is 55.8 Å². The highest BCUT2D eigenvalue weighted by Gasteiger charge is 2.05. The third kappa shape index (κ3) is 2.45. The zero-order chi connectivity index (χ0) is 13.9. The summed E-state index contributed by atoms with van der Waals surface area (Å²) in [6.45, 7) is 0.625. The quantitative estimate of drug-likeness (QED) is 0.739. The molecule has 0 fully saturated rings. The molecular formula is C16H17N3O. The van der Waals surface area contributed by atoms with Crippen molar-refractivity contribution in [2.75, 3.05) is 12.3 Å². The predicted octanol–water partition coefficient (Wildman–Crippen LogP) is 2.78. The van der Waals surface area contributed by atoms with E-state index < -0.39 is 0 Å². The molecule has 0 aliphatic heterocycles. The molecule has 0 aliphatic carbocycles. The van der Waals surface area contributed by atoms with Gasteiger partial charge in [0.15, 0.2) is 0 Å². The van der Waals surface area contributed by atoms with Crippen LogP contribution in [0.1, 0.15) is 5.56 Å². The summed E-state index contributed by atoms with van der Waals surface area (Å²) in [6, 6.07) is 11.8. The number of nitrogens with two attached hydrogens (primary N) is 1. The number of aryl methyl sites for hydroxylation is 1. The Morgan fingerprint density at radius 2 is 1.95 bits per heavy atom. The maximum absolute atomic E-state index is 5.98. The molecule has 2 aromatic carbocycles. The summed E-state index contributed by atoms with van der Waals surface area (Å²) in [6.07, 6.45) is 4.71. The number of nitrogens with zero attached hydrogens (tertiary/aromatic N) is 2. The van der Waals surface area contributed by atoms with Gasteiger partial charge in [0.25, 0.3) is 0 Å². The van der Waals surface area contributed by atoms with Crippen LogP contribution in [0.25, 0.3) is 10.8 Å². The molecule has 0 amide bonds. The second-order valence-electron chi connectivity index (χ2n) is 4.82. The third-order valence-corrected chi connectivity index (χ3v) is 3.32. The van der Waals surface area contributed by atoms with E-state index in [4.69, 9.17) is 10.5 Å². The highest BCUT2D eigenvalue weighted by atomic mass is 16.5. The number of hydrogen-bond acceptors (Lipinski definition) is 3. The van der Waals surface area contributed by atoms with Crippen molar-refractivity contribution in [1.29, 1.82) is 0 Å². The minimum atomic E-state index is 0.625. The molecule has 0 atom stereocenters. The lowest BCUT2D eigenvalue weighted by molar-refractivity contribution is 0.326. The van der Waals surface area contributed by atoms with Gasteiger partial charge in [0, 0.05) is 36.1 Å².